The van der Waals surface area contributed by atoms with Gasteiger partial charge in [-0.25, -0.2) is 4.39 Å². The molecule has 0 fully saturated rings. The van der Waals surface area contributed by atoms with Gasteiger partial charge in [-0.1, -0.05) is 27.7 Å². The van der Waals surface area contributed by atoms with Crippen LogP contribution in [0.3, 0.4) is 0 Å². The molecule has 4 heteroatoms. The number of halogens is 1. The van der Waals surface area contributed by atoms with Crippen molar-refractivity contribution in [1.29, 1.82) is 0 Å². The summed E-state index contributed by atoms with van der Waals surface area (Å²) in [5, 5.41) is 0. The second-order valence-corrected chi connectivity index (χ2v) is 6.00. The molecule has 112 valence electrons. The summed E-state index contributed by atoms with van der Waals surface area (Å²) in [5.41, 5.74) is 6.19. The lowest BCUT2D eigenvalue weighted by Gasteiger charge is -2.22. The molecule has 1 rings (SSSR count). The van der Waals surface area contributed by atoms with Crippen molar-refractivity contribution in [2.75, 3.05) is 18.1 Å². The molecule has 0 amide bonds. The van der Waals surface area contributed by atoms with Gasteiger partial charge in [-0.2, -0.15) is 0 Å². The molecule has 0 bridgehead atoms. The third-order valence-corrected chi connectivity index (χ3v) is 2.64. The van der Waals surface area contributed by atoms with Gasteiger partial charge in [0, 0.05) is 30.7 Å². The molecule has 0 saturated carbocycles. The Morgan fingerprint density at radius 3 is 2.55 bits per heavy atom. The van der Waals surface area contributed by atoms with Crippen LogP contribution in [-0.4, -0.2) is 13.2 Å². The molecule has 1 aromatic rings. The van der Waals surface area contributed by atoms with Crippen LogP contribution in [-0.2, 0) is 0 Å². The highest BCUT2D eigenvalue weighted by atomic mass is 19.1. The fourth-order valence-corrected chi connectivity index (χ4v) is 1.71. The molecule has 0 aromatic heterocycles. The largest absolute Gasteiger partial charge is 0.490 e. The summed E-state index contributed by atoms with van der Waals surface area (Å²) in [7, 11) is 0. The molecule has 0 aliphatic rings. The third-order valence-electron chi connectivity index (χ3n) is 2.64. The van der Waals surface area contributed by atoms with Gasteiger partial charge in [0.15, 0.2) is 11.6 Å². The zero-order valence-corrected chi connectivity index (χ0v) is 12.8. The van der Waals surface area contributed by atoms with Gasteiger partial charge in [0.25, 0.3) is 0 Å². The lowest BCUT2D eigenvalue weighted by molar-refractivity contribution is 0.191. The molecular formula is C16H25FN2O. The smallest absolute Gasteiger partial charge is 0.167 e. The lowest BCUT2D eigenvalue weighted by atomic mass is 9.99. The van der Waals surface area contributed by atoms with Crippen LogP contribution in [0.25, 0.3) is 0 Å². The second kappa shape index (κ2) is 7.17. The average Bonchev–Trinajstić information content (AvgIpc) is 2.36. The number of ether oxygens (including phenoxy) is 1. The third kappa shape index (κ3) is 5.11. The van der Waals surface area contributed by atoms with Crippen molar-refractivity contribution >= 4 is 5.69 Å². The predicted octanol–water partition coefficient (Wildman–Crippen LogP) is 3.90. The van der Waals surface area contributed by atoms with E-state index in [9.17, 15) is 4.39 Å². The Kier molecular flexibility index (Phi) is 5.86. The van der Waals surface area contributed by atoms with Crippen molar-refractivity contribution in [1.82, 2.24) is 0 Å². The van der Waals surface area contributed by atoms with E-state index in [0.29, 0.717) is 6.61 Å². The zero-order chi connectivity index (χ0) is 15.2. The summed E-state index contributed by atoms with van der Waals surface area (Å²) < 4.78 is 19.6. The van der Waals surface area contributed by atoms with Crippen LogP contribution in [0, 0.1) is 11.2 Å². The molecule has 0 spiro atoms. The van der Waals surface area contributed by atoms with Gasteiger partial charge in [0.1, 0.15) is 0 Å². The van der Waals surface area contributed by atoms with Gasteiger partial charge in [-0.15, -0.1) is 0 Å². The molecule has 0 aliphatic heterocycles. The van der Waals surface area contributed by atoms with E-state index in [0.717, 1.165) is 18.7 Å². The number of anilines is 1. The minimum absolute atomic E-state index is 0.00163. The van der Waals surface area contributed by atoms with Gasteiger partial charge in [0.05, 0.1) is 6.61 Å². The van der Waals surface area contributed by atoms with Crippen LogP contribution in [0.1, 0.15) is 34.1 Å². The van der Waals surface area contributed by atoms with Gasteiger partial charge >= 0.3 is 0 Å². The molecule has 1 aromatic carbocycles. The van der Waals surface area contributed by atoms with Gasteiger partial charge in [-0.3, -0.25) is 0 Å². The number of rotatable bonds is 6. The number of nitrogens with two attached hydrogens (primary N) is 1. The fourth-order valence-electron chi connectivity index (χ4n) is 1.71. The van der Waals surface area contributed by atoms with E-state index in [1.165, 1.54) is 12.3 Å². The summed E-state index contributed by atoms with van der Waals surface area (Å²) in [6, 6.07) is 4.99. The van der Waals surface area contributed by atoms with E-state index in [2.05, 4.69) is 6.92 Å². The van der Waals surface area contributed by atoms with E-state index < -0.39 is 0 Å². The molecule has 0 atom stereocenters. The van der Waals surface area contributed by atoms with Crippen LogP contribution in [0.2, 0.25) is 0 Å². The molecule has 20 heavy (non-hydrogen) atoms. The number of hydrogen-bond acceptors (Lipinski definition) is 3. The van der Waals surface area contributed by atoms with Crippen molar-refractivity contribution in [2.45, 2.75) is 34.1 Å². The van der Waals surface area contributed by atoms with E-state index >= 15 is 0 Å². The summed E-state index contributed by atoms with van der Waals surface area (Å²) in [6.45, 7) is 9.48. The topological polar surface area (TPSA) is 38.5 Å². The Labute approximate surface area is 121 Å². The Hall–Kier alpha value is -1.71. The van der Waals surface area contributed by atoms with Crippen molar-refractivity contribution < 1.29 is 9.13 Å². The summed E-state index contributed by atoms with van der Waals surface area (Å²) in [4.78, 5) is 1.91. The van der Waals surface area contributed by atoms with Gasteiger partial charge in [-0.05, 0) is 24.0 Å². The maximum Gasteiger partial charge on any atom is 0.167 e. The summed E-state index contributed by atoms with van der Waals surface area (Å²) >= 11 is 0. The van der Waals surface area contributed by atoms with Crippen molar-refractivity contribution in [3.05, 3.63) is 36.4 Å². The number of nitrogens with zero attached hydrogens (tertiary/aromatic N) is 1. The second-order valence-electron chi connectivity index (χ2n) is 6.00. The maximum absolute atomic E-state index is 14.1. The highest BCUT2D eigenvalue weighted by Gasteiger charge is 2.14. The minimum Gasteiger partial charge on any atom is -0.490 e. The molecule has 0 unspecified atom stereocenters. The SMILES string of the molecule is CCCN(/C=C\N)c1ccc(OCC(C)(C)C)c(F)c1. The standard InChI is InChI=1S/C16H25FN2O/c1-5-9-19(10-8-18)13-6-7-15(14(17)11-13)20-12-16(2,3)4/h6-8,10-11H,5,9,12,18H2,1-4H3/b10-8-. The number of hydrogen-bond donors (Lipinski definition) is 1. The molecule has 3 nitrogen and oxygen atoms in total. The van der Waals surface area contributed by atoms with Crippen molar-refractivity contribution in [2.24, 2.45) is 11.1 Å². The van der Waals surface area contributed by atoms with Crippen molar-refractivity contribution in [3.8, 4) is 5.75 Å². The van der Waals surface area contributed by atoms with E-state index in [-0.39, 0.29) is 17.0 Å². The quantitative estimate of drug-likeness (QED) is 0.859. The minimum atomic E-state index is -0.349. The van der Waals surface area contributed by atoms with Gasteiger partial charge in [0.2, 0.25) is 0 Å². The maximum atomic E-state index is 14.1. The molecule has 0 saturated heterocycles. The van der Waals surface area contributed by atoms with E-state index in [4.69, 9.17) is 10.5 Å². The normalized spacial score (nSPS) is 11.8. The molecule has 0 aliphatic carbocycles. The summed E-state index contributed by atoms with van der Waals surface area (Å²) in [5.74, 6) is -0.0601. The molecule has 0 heterocycles. The van der Waals surface area contributed by atoms with Crippen LogP contribution < -0.4 is 15.4 Å². The molecule has 0 radical (unpaired) electrons. The van der Waals surface area contributed by atoms with E-state index in [1.807, 2.05) is 31.7 Å². The monoisotopic (exact) mass is 280 g/mol. The van der Waals surface area contributed by atoms with Crippen LogP contribution in [0.15, 0.2) is 30.6 Å². The zero-order valence-electron chi connectivity index (χ0n) is 12.8. The first-order valence-corrected chi connectivity index (χ1v) is 6.95. The molecular weight excluding hydrogens is 255 g/mol. The fraction of sp³-hybridized carbons (Fsp3) is 0.500. The average molecular weight is 280 g/mol. The Bertz CT molecular complexity index is 452. The van der Waals surface area contributed by atoms with Crippen LogP contribution >= 0.6 is 0 Å². The first-order valence-electron chi connectivity index (χ1n) is 6.95. The highest BCUT2D eigenvalue weighted by Crippen LogP contribution is 2.26. The number of benzene rings is 1. The van der Waals surface area contributed by atoms with Crippen LogP contribution in [0.4, 0.5) is 10.1 Å². The lowest BCUT2D eigenvalue weighted by Crippen LogP contribution is -2.19. The summed E-state index contributed by atoms with van der Waals surface area (Å²) in [6.07, 6.45) is 4.15. The Morgan fingerprint density at radius 1 is 1.35 bits per heavy atom. The van der Waals surface area contributed by atoms with Crippen LogP contribution in [0.5, 0.6) is 5.75 Å². The highest BCUT2D eigenvalue weighted by molar-refractivity contribution is 5.52. The van der Waals surface area contributed by atoms with E-state index in [1.54, 1.807) is 12.3 Å². The van der Waals surface area contributed by atoms with Gasteiger partial charge < -0.3 is 15.4 Å². The predicted molar refractivity (Wildman–Crippen MR) is 82.3 cm³/mol. The van der Waals surface area contributed by atoms with Crippen molar-refractivity contribution in [3.63, 3.8) is 0 Å². The Morgan fingerprint density at radius 2 is 2.05 bits per heavy atom. The molecule has 2 N–H and O–H groups in total. The first kappa shape index (κ1) is 16.3. The first-order chi connectivity index (χ1) is 9.37. The Balaban J connectivity index is 2.86.